The molecule has 21 heavy (non-hydrogen) atoms. The molecular weight excluding hydrogens is 262 g/mol. The molecule has 2 aromatic rings. The van der Waals surface area contributed by atoms with Gasteiger partial charge in [-0.05, 0) is 44.0 Å². The summed E-state index contributed by atoms with van der Waals surface area (Å²) in [6.07, 6.45) is 0. The zero-order chi connectivity index (χ0) is 15.2. The SMILES string of the molecule is COc1ccccc1OCCNc1c(C)cc(C)cc1C. The quantitative estimate of drug-likeness (QED) is 0.810. The van der Waals surface area contributed by atoms with Crippen LogP contribution in [0.5, 0.6) is 11.5 Å². The number of aryl methyl sites for hydroxylation is 3. The van der Waals surface area contributed by atoms with E-state index in [1.165, 1.54) is 22.4 Å². The largest absolute Gasteiger partial charge is 0.493 e. The van der Waals surface area contributed by atoms with E-state index in [1.807, 2.05) is 24.3 Å². The van der Waals surface area contributed by atoms with Crippen LogP contribution in [0.2, 0.25) is 0 Å². The molecule has 0 amide bonds. The predicted octanol–water partition coefficient (Wildman–Crippen LogP) is 4.11. The predicted molar refractivity (Wildman–Crippen MR) is 87.6 cm³/mol. The first-order chi connectivity index (χ1) is 10.1. The summed E-state index contributed by atoms with van der Waals surface area (Å²) in [5.41, 5.74) is 5.03. The van der Waals surface area contributed by atoms with E-state index >= 15 is 0 Å². The van der Waals surface area contributed by atoms with Crippen molar-refractivity contribution in [3.05, 3.63) is 53.1 Å². The van der Waals surface area contributed by atoms with Crippen molar-refractivity contribution < 1.29 is 9.47 Å². The molecule has 3 nitrogen and oxygen atoms in total. The van der Waals surface area contributed by atoms with Crippen molar-refractivity contribution in [1.29, 1.82) is 0 Å². The molecule has 0 unspecified atom stereocenters. The first kappa shape index (κ1) is 15.2. The summed E-state index contributed by atoms with van der Waals surface area (Å²) < 4.78 is 11.0. The van der Waals surface area contributed by atoms with E-state index in [0.717, 1.165) is 18.0 Å². The highest BCUT2D eigenvalue weighted by Crippen LogP contribution is 2.26. The lowest BCUT2D eigenvalue weighted by atomic mass is 10.1. The summed E-state index contributed by atoms with van der Waals surface area (Å²) in [6, 6.07) is 12.1. The van der Waals surface area contributed by atoms with E-state index in [2.05, 4.69) is 38.2 Å². The Morgan fingerprint density at radius 2 is 1.57 bits per heavy atom. The van der Waals surface area contributed by atoms with Gasteiger partial charge in [-0.1, -0.05) is 29.8 Å². The lowest BCUT2D eigenvalue weighted by Gasteiger charge is -2.15. The Morgan fingerprint density at radius 3 is 2.19 bits per heavy atom. The van der Waals surface area contributed by atoms with Gasteiger partial charge in [-0.2, -0.15) is 0 Å². The lowest BCUT2D eigenvalue weighted by Crippen LogP contribution is -2.13. The molecule has 0 aliphatic rings. The number of para-hydroxylation sites is 2. The van der Waals surface area contributed by atoms with Crippen LogP contribution in [0.1, 0.15) is 16.7 Å². The third-order valence-electron chi connectivity index (χ3n) is 3.41. The number of anilines is 1. The van der Waals surface area contributed by atoms with Crippen LogP contribution in [-0.2, 0) is 0 Å². The van der Waals surface area contributed by atoms with Gasteiger partial charge in [-0.3, -0.25) is 0 Å². The Labute approximate surface area is 126 Å². The Bertz CT molecular complexity index is 585. The molecule has 0 aliphatic heterocycles. The molecule has 0 fully saturated rings. The monoisotopic (exact) mass is 285 g/mol. The fraction of sp³-hybridized carbons (Fsp3) is 0.333. The molecule has 0 atom stereocenters. The van der Waals surface area contributed by atoms with Crippen LogP contribution in [0.4, 0.5) is 5.69 Å². The highest BCUT2D eigenvalue weighted by atomic mass is 16.5. The van der Waals surface area contributed by atoms with Crippen molar-refractivity contribution in [2.24, 2.45) is 0 Å². The van der Waals surface area contributed by atoms with Crippen LogP contribution in [0.15, 0.2) is 36.4 Å². The van der Waals surface area contributed by atoms with Gasteiger partial charge in [0.15, 0.2) is 11.5 Å². The smallest absolute Gasteiger partial charge is 0.161 e. The van der Waals surface area contributed by atoms with Gasteiger partial charge in [-0.25, -0.2) is 0 Å². The van der Waals surface area contributed by atoms with Crippen LogP contribution in [0.3, 0.4) is 0 Å². The standard InChI is InChI=1S/C18H23NO2/c1-13-11-14(2)18(15(3)12-13)19-9-10-21-17-8-6-5-7-16(17)20-4/h5-8,11-12,19H,9-10H2,1-4H3. The molecule has 2 rings (SSSR count). The maximum Gasteiger partial charge on any atom is 0.161 e. The number of ether oxygens (including phenoxy) is 2. The molecule has 0 bridgehead atoms. The van der Waals surface area contributed by atoms with Crippen molar-refractivity contribution in [3.63, 3.8) is 0 Å². The molecule has 0 heterocycles. The molecular formula is C18H23NO2. The summed E-state index contributed by atoms with van der Waals surface area (Å²) >= 11 is 0. The second-order valence-electron chi connectivity index (χ2n) is 5.20. The van der Waals surface area contributed by atoms with Crippen LogP contribution < -0.4 is 14.8 Å². The van der Waals surface area contributed by atoms with Gasteiger partial charge in [0.05, 0.1) is 7.11 Å². The third kappa shape index (κ3) is 3.91. The minimum atomic E-state index is 0.590. The van der Waals surface area contributed by atoms with Gasteiger partial charge in [0.1, 0.15) is 6.61 Å². The maximum atomic E-state index is 5.77. The number of nitrogens with one attached hydrogen (secondary N) is 1. The zero-order valence-corrected chi connectivity index (χ0v) is 13.2. The number of hydrogen-bond donors (Lipinski definition) is 1. The molecule has 0 saturated heterocycles. The normalized spacial score (nSPS) is 10.3. The average molecular weight is 285 g/mol. The zero-order valence-electron chi connectivity index (χ0n) is 13.2. The first-order valence-corrected chi connectivity index (χ1v) is 7.19. The van der Waals surface area contributed by atoms with Gasteiger partial charge in [-0.15, -0.1) is 0 Å². The average Bonchev–Trinajstić information content (AvgIpc) is 2.45. The number of rotatable bonds is 6. The molecule has 0 aliphatic carbocycles. The van der Waals surface area contributed by atoms with Crippen LogP contribution in [0.25, 0.3) is 0 Å². The number of benzene rings is 2. The van der Waals surface area contributed by atoms with E-state index in [0.29, 0.717) is 6.61 Å². The van der Waals surface area contributed by atoms with Gasteiger partial charge < -0.3 is 14.8 Å². The molecule has 2 aromatic carbocycles. The molecule has 0 spiro atoms. The van der Waals surface area contributed by atoms with Gasteiger partial charge in [0.2, 0.25) is 0 Å². The highest BCUT2D eigenvalue weighted by Gasteiger charge is 2.04. The van der Waals surface area contributed by atoms with E-state index in [9.17, 15) is 0 Å². The lowest BCUT2D eigenvalue weighted by molar-refractivity contribution is 0.306. The van der Waals surface area contributed by atoms with Gasteiger partial charge in [0.25, 0.3) is 0 Å². The van der Waals surface area contributed by atoms with Gasteiger partial charge in [0, 0.05) is 12.2 Å². The van der Waals surface area contributed by atoms with Crippen molar-refractivity contribution in [1.82, 2.24) is 0 Å². The second-order valence-corrected chi connectivity index (χ2v) is 5.20. The molecule has 1 N–H and O–H groups in total. The molecule has 0 aromatic heterocycles. The van der Waals surface area contributed by atoms with Crippen molar-refractivity contribution in [2.75, 3.05) is 25.6 Å². The van der Waals surface area contributed by atoms with Gasteiger partial charge >= 0.3 is 0 Å². The molecule has 0 saturated carbocycles. The summed E-state index contributed by atoms with van der Waals surface area (Å²) in [5, 5.41) is 3.45. The van der Waals surface area contributed by atoms with Crippen molar-refractivity contribution in [3.8, 4) is 11.5 Å². The number of hydrogen-bond acceptors (Lipinski definition) is 3. The fourth-order valence-electron chi connectivity index (χ4n) is 2.53. The highest BCUT2D eigenvalue weighted by molar-refractivity contribution is 5.58. The molecule has 0 radical (unpaired) electrons. The number of methoxy groups -OCH3 is 1. The Balaban J connectivity index is 1.91. The van der Waals surface area contributed by atoms with E-state index in [-0.39, 0.29) is 0 Å². The van der Waals surface area contributed by atoms with E-state index in [4.69, 9.17) is 9.47 Å². The Kier molecular flexibility index (Phi) is 5.09. The van der Waals surface area contributed by atoms with E-state index < -0.39 is 0 Å². The Hall–Kier alpha value is -2.16. The van der Waals surface area contributed by atoms with E-state index in [1.54, 1.807) is 7.11 Å². The Morgan fingerprint density at radius 1 is 0.952 bits per heavy atom. The second kappa shape index (κ2) is 7.02. The van der Waals surface area contributed by atoms with Crippen LogP contribution in [0, 0.1) is 20.8 Å². The summed E-state index contributed by atoms with van der Waals surface area (Å²) in [4.78, 5) is 0. The third-order valence-corrected chi connectivity index (χ3v) is 3.41. The molecule has 112 valence electrons. The van der Waals surface area contributed by atoms with Crippen molar-refractivity contribution in [2.45, 2.75) is 20.8 Å². The summed E-state index contributed by atoms with van der Waals surface area (Å²) in [5.74, 6) is 1.54. The van der Waals surface area contributed by atoms with Crippen LogP contribution >= 0.6 is 0 Å². The minimum absolute atomic E-state index is 0.590. The summed E-state index contributed by atoms with van der Waals surface area (Å²) in [7, 11) is 1.65. The first-order valence-electron chi connectivity index (χ1n) is 7.19. The van der Waals surface area contributed by atoms with Crippen LogP contribution in [-0.4, -0.2) is 20.3 Å². The summed E-state index contributed by atoms with van der Waals surface area (Å²) in [6.45, 7) is 7.72. The minimum Gasteiger partial charge on any atom is -0.493 e. The molecule has 3 heteroatoms. The topological polar surface area (TPSA) is 30.5 Å². The maximum absolute atomic E-state index is 5.77. The van der Waals surface area contributed by atoms with Crippen molar-refractivity contribution >= 4 is 5.69 Å². The fourth-order valence-corrected chi connectivity index (χ4v) is 2.53.